The van der Waals surface area contributed by atoms with Crippen molar-refractivity contribution < 1.29 is 9.90 Å². The quantitative estimate of drug-likeness (QED) is 0.545. The highest BCUT2D eigenvalue weighted by Gasteiger charge is 1.98. The molecular weight excluding hydrogens is 168 g/mol. The summed E-state index contributed by atoms with van der Waals surface area (Å²) < 4.78 is 0. The molecule has 4 nitrogen and oxygen atoms in total. The highest BCUT2D eigenvalue weighted by Crippen LogP contribution is 1.87. The maximum atomic E-state index is 11.0. The van der Waals surface area contributed by atoms with E-state index >= 15 is 0 Å². The molecule has 0 bridgehead atoms. The summed E-state index contributed by atoms with van der Waals surface area (Å²) in [6.07, 6.45) is 1.95. The van der Waals surface area contributed by atoms with E-state index in [1.165, 1.54) is 0 Å². The molecule has 0 saturated carbocycles. The third kappa shape index (κ3) is 9.30. The van der Waals surface area contributed by atoms with Crippen LogP contribution in [-0.2, 0) is 4.79 Å². The van der Waals surface area contributed by atoms with Gasteiger partial charge in [0.1, 0.15) is 0 Å². The molecule has 2 N–H and O–H groups in total. The average molecular weight is 188 g/mol. The molecule has 0 aromatic heterocycles. The molecule has 0 aliphatic carbocycles. The predicted octanol–water partition coefficient (Wildman–Crippen LogP) is -0.173. The Hall–Kier alpha value is -0.610. The molecule has 4 heteroatoms. The van der Waals surface area contributed by atoms with Gasteiger partial charge < -0.3 is 15.3 Å². The Balaban J connectivity index is 3.17. The van der Waals surface area contributed by atoms with Crippen LogP contribution in [0.3, 0.4) is 0 Å². The Bertz CT molecular complexity index is 138. The number of aliphatic hydroxyl groups excluding tert-OH is 1. The smallest absolute Gasteiger partial charge is 0.220 e. The van der Waals surface area contributed by atoms with Crippen LogP contribution in [0.2, 0.25) is 0 Å². The molecule has 0 aromatic rings. The van der Waals surface area contributed by atoms with Crippen molar-refractivity contribution in [3.05, 3.63) is 0 Å². The van der Waals surface area contributed by atoms with E-state index in [-0.39, 0.29) is 12.5 Å². The minimum absolute atomic E-state index is 0.0350. The number of rotatable bonds is 7. The summed E-state index contributed by atoms with van der Waals surface area (Å²) in [5.74, 6) is 0.0350. The lowest BCUT2D eigenvalue weighted by Crippen LogP contribution is -2.26. The maximum Gasteiger partial charge on any atom is 0.220 e. The van der Waals surface area contributed by atoms with Gasteiger partial charge in [-0.05, 0) is 33.5 Å². The molecule has 0 saturated heterocycles. The molecule has 0 aliphatic rings. The number of aliphatic hydroxyl groups is 1. The fourth-order valence-electron chi connectivity index (χ4n) is 0.951. The second kappa shape index (κ2) is 8.01. The lowest BCUT2D eigenvalue weighted by atomic mass is 10.3. The molecule has 0 spiro atoms. The monoisotopic (exact) mass is 188 g/mol. The number of nitrogens with zero attached hydrogens (tertiary/aromatic N) is 1. The summed E-state index contributed by atoms with van der Waals surface area (Å²) in [4.78, 5) is 13.1. The first-order chi connectivity index (χ1) is 6.16. The Morgan fingerprint density at radius 2 is 2.08 bits per heavy atom. The van der Waals surface area contributed by atoms with E-state index < -0.39 is 0 Å². The largest absolute Gasteiger partial charge is 0.396 e. The highest BCUT2D eigenvalue weighted by atomic mass is 16.3. The highest BCUT2D eigenvalue weighted by molar-refractivity contribution is 5.75. The molecule has 0 heterocycles. The first-order valence-corrected chi connectivity index (χ1v) is 4.69. The Morgan fingerprint density at radius 3 is 2.62 bits per heavy atom. The summed E-state index contributed by atoms with van der Waals surface area (Å²) in [5, 5.41) is 11.3. The molecule has 0 aliphatic heterocycles. The van der Waals surface area contributed by atoms with Crippen LogP contribution in [0.15, 0.2) is 0 Å². The molecule has 0 unspecified atom stereocenters. The first kappa shape index (κ1) is 12.4. The Morgan fingerprint density at radius 1 is 1.38 bits per heavy atom. The first-order valence-electron chi connectivity index (χ1n) is 4.69. The van der Waals surface area contributed by atoms with Crippen molar-refractivity contribution in [1.29, 1.82) is 0 Å². The van der Waals surface area contributed by atoms with Crippen molar-refractivity contribution in [2.24, 2.45) is 0 Å². The minimum atomic E-state index is 0.0350. The molecular formula is C9H20N2O2. The van der Waals surface area contributed by atoms with Crippen LogP contribution in [0.1, 0.15) is 19.3 Å². The van der Waals surface area contributed by atoms with E-state index in [1.54, 1.807) is 0 Å². The molecule has 13 heavy (non-hydrogen) atoms. The van der Waals surface area contributed by atoms with Gasteiger partial charge in [-0.3, -0.25) is 4.79 Å². The fraction of sp³-hybridized carbons (Fsp3) is 0.889. The molecule has 0 fully saturated rings. The van der Waals surface area contributed by atoms with Gasteiger partial charge in [0.15, 0.2) is 0 Å². The third-order valence-corrected chi connectivity index (χ3v) is 1.67. The standard InChI is InChI=1S/C9H20N2O2/c1-11(2)7-4-6-10-9(13)5-3-8-12/h12H,3-8H2,1-2H3,(H,10,13). The summed E-state index contributed by atoms with van der Waals surface area (Å²) in [6.45, 7) is 1.80. The average Bonchev–Trinajstić information content (AvgIpc) is 2.08. The SMILES string of the molecule is CN(C)CCCNC(=O)CCCO. The van der Waals surface area contributed by atoms with Crippen molar-refractivity contribution in [2.75, 3.05) is 33.8 Å². The molecule has 78 valence electrons. The molecule has 0 rings (SSSR count). The number of hydrogen-bond donors (Lipinski definition) is 2. The van der Waals surface area contributed by atoms with Crippen molar-refractivity contribution >= 4 is 5.91 Å². The van der Waals surface area contributed by atoms with Crippen LogP contribution in [0, 0.1) is 0 Å². The van der Waals surface area contributed by atoms with Crippen molar-refractivity contribution in [1.82, 2.24) is 10.2 Å². The maximum absolute atomic E-state index is 11.0. The van der Waals surface area contributed by atoms with Crippen LogP contribution < -0.4 is 5.32 Å². The number of nitrogens with one attached hydrogen (secondary N) is 1. The second-order valence-corrected chi connectivity index (χ2v) is 3.33. The summed E-state index contributed by atoms with van der Waals surface area (Å²) in [5.41, 5.74) is 0. The van der Waals surface area contributed by atoms with Crippen molar-refractivity contribution in [2.45, 2.75) is 19.3 Å². The number of carbonyl (C=O) groups is 1. The van der Waals surface area contributed by atoms with Crippen LogP contribution >= 0.6 is 0 Å². The zero-order valence-corrected chi connectivity index (χ0v) is 8.55. The lowest BCUT2D eigenvalue weighted by Gasteiger charge is -2.09. The topological polar surface area (TPSA) is 52.6 Å². The van der Waals surface area contributed by atoms with E-state index in [1.807, 2.05) is 14.1 Å². The second-order valence-electron chi connectivity index (χ2n) is 3.33. The lowest BCUT2D eigenvalue weighted by molar-refractivity contribution is -0.121. The summed E-state index contributed by atoms with van der Waals surface area (Å²) >= 11 is 0. The van der Waals surface area contributed by atoms with Crippen LogP contribution in [0.4, 0.5) is 0 Å². The normalized spacial score (nSPS) is 10.5. The van der Waals surface area contributed by atoms with E-state index in [0.717, 1.165) is 19.5 Å². The molecule has 0 aromatic carbocycles. The molecule has 1 amide bonds. The van der Waals surface area contributed by atoms with Gasteiger partial charge in [-0.2, -0.15) is 0 Å². The Labute approximate surface area is 79.9 Å². The molecule has 0 radical (unpaired) electrons. The van der Waals surface area contributed by atoms with Crippen molar-refractivity contribution in [3.8, 4) is 0 Å². The zero-order valence-electron chi connectivity index (χ0n) is 8.55. The van der Waals surface area contributed by atoms with Gasteiger partial charge >= 0.3 is 0 Å². The number of carbonyl (C=O) groups excluding carboxylic acids is 1. The van der Waals surface area contributed by atoms with Crippen LogP contribution in [0.5, 0.6) is 0 Å². The summed E-state index contributed by atoms with van der Waals surface area (Å²) in [7, 11) is 4.02. The summed E-state index contributed by atoms with van der Waals surface area (Å²) in [6, 6.07) is 0. The third-order valence-electron chi connectivity index (χ3n) is 1.67. The van der Waals surface area contributed by atoms with Gasteiger partial charge in [0.2, 0.25) is 5.91 Å². The van der Waals surface area contributed by atoms with E-state index in [0.29, 0.717) is 12.8 Å². The van der Waals surface area contributed by atoms with Crippen LogP contribution in [0.25, 0.3) is 0 Å². The van der Waals surface area contributed by atoms with Gasteiger partial charge in [-0.25, -0.2) is 0 Å². The number of hydrogen-bond acceptors (Lipinski definition) is 3. The van der Waals surface area contributed by atoms with Gasteiger partial charge in [-0.15, -0.1) is 0 Å². The fourth-order valence-corrected chi connectivity index (χ4v) is 0.951. The van der Waals surface area contributed by atoms with Crippen LogP contribution in [-0.4, -0.2) is 49.7 Å². The van der Waals surface area contributed by atoms with Gasteiger partial charge in [0, 0.05) is 19.6 Å². The van der Waals surface area contributed by atoms with Gasteiger partial charge in [0.05, 0.1) is 0 Å². The Kier molecular flexibility index (Phi) is 7.63. The number of amides is 1. The molecule has 0 atom stereocenters. The zero-order chi connectivity index (χ0) is 10.1. The van der Waals surface area contributed by atoms with Gasteiger partial charge in [0.25, 0.3) is 0 Å². The minimum Gasteiger partial charge on any atom is -0.396 e. The predicted molar refractivity (Wildman–Crippen MR) is 52.5 cm³/mol. The van der Waals surface area contributed by atoms with Gasteiger partial charge in [-0.1, -0.05) is 0 Å². The van der Waals surface area contributed by atoms with E-state index in [2.05, 4.69) is 10.2 Å². The van der Waals surface area contributed by atoms with Crippen molar-refractivity contribution in [3.63, 3.8) is 0 Å². The van der Waals surface area contributed by atoms with E-state index in [4.69, 9.17) is 5.11 Å². The van der Waals surface area contributed by atoms with E-state index in [9.17, 15) is 4.79 Å².